The van der Waals surface area contributed by atoms with Gasteiger partial charge in [-0.1, -0.05) is 54.9 Å². The zero-order chi connectivity index (χ0) is 21.6. The van der Waals surface area contributed by atoms with Crippen LogP contribution in [0.1, 0.15) is 93.9 Å². The van der Waals surface area contributed by atoms with E-state index in [4.69, 9.17) is 0 Å². The van der Waals surface area contributed by atoms with Gasteiger partial charge in [-0.2, -0.15) is 4.31 Å². The van der Waals surface area contributed by atoms with E-state index in [1.54, 1.807) is 7.05 Å². The minimum absolute atomic E-state index is 0.0574. The molecule has 0 aromatic carbocycles. The van der Waals surface area contributed by atoms with Crippen molar-refractivity contribution in [1.29, 1.82) is 0 Å². The summed E-state index contributed by atoms with van der Waals surface area (Å²) in [5, 5.41) is 0. The molecule has 4 nitrogen and oxygen atoms in total. The number of Topliss-reactive ketones (excluding diaryl/α,β-unsaturated/α-hetero) is 1. The molecule has 0 fully saturated rings. The van der Waals surface area contributed by atoms with Crippen molar-refractivity contribution in [3.05, 3.63) is 0 Å². The molecule has 0 aromatic rings. The van der Waals surface area contributed by atoms with E-state index in [1.807, 2.05) is 13.8 Å². The highest BCUT2D eigenvalue weighted by atomic mass is 32.2. The number of sulfonamides is 1. The number of nitrogens with zero attached hydrogens (tertiary/aromatic N) is 1. The maximum absolute atomic E-state index is 13.5. The molecule has 0 spiro atoms. The van der Waals surface area contributed by atoms with Crippen molar-refractivity contribution in [2.45, 2.75) is 99.5 Å². The van der Waals surface area contributed by atoms with Gasteiger partial charge in [0.05, 0.1) is 6.26 Å². The number of rotatable bonds is 13. The van der Waals surface area contributed by atoms with Gasteiger partial charge in [-0.05, 0) is 50.4 Å². The third-order valence-electron chi connectivity index (χ3n) is 6.98. The van der Waals surface area contributed by atoms with E-state index < -0.39 is 15.6 Å². The predicted molar refractivity (Wildman–Crippen MR) is 116 cm³/mol. The molecule has 0 saturated heterocycles. The largest absolute Gasteiger partial charge is 0.299 e. The minimum Gasteiger partial charge on any atom is -0.299 e. The lowest BCUT2D eigenvalue weighted by atomic mass is 9.70. The summed E-state index contributed by atoms with van der Waals surface area (Å²) in [6, 6.07) is 0. The molecule has 0 heterocycles. The standard InChI is InChI=1S/C22H45NO3S/c1-11-14-19(15-21(6,7)17(4)5)20(24)18(12-2)16-22(8,13-3)23(9)27(10,25)26/h17-19H,11-16H2,1-10H3. The van der Waals surface area contributed by atoms with Gasteiger partial charge in [0.1, 0.15) is 5.78 Å². The minimum atomic E-state index is -3.30. The van der Waals surface area contributed by atoms with Crippen molar-refractivity contribution in [3.8, 4) is 0 Å². The molecule has 0 bridgehead atoms. The molecule has 27 heavy (non-hydrogen) atoms. The van der Waals surface area contributed by atoms with Gasteiger partial charge in [0.25, 0.3) is 0 Å². The van der Waals surface area contributed by atoms with E-state index in [2.05, 4.69) is 41.5 Å². The molecular formula is C22H45NO3S. The Balaban J connectivity index is 5.61. The summed E-state index contributed by atoms with van der Waals surface area (Å²) in [5.74, 6) is 0.803. The summed E-state index contributed by atoms with van der Waals surface area (Å²) >= 11 is 0. The maximum Gasteiger partial charge on any atom is 0.211 e. The first-order valence-electron chi connectivity index (χ1n) is 10.6. The van der Waals surface area contributed by atoms with E-state index in [0.29, 0.717) is 24.5 Å². The Kier molecular flexibility index (Phi) is 10.2. The first-order valence-corrected chi connectivity index (χ1v) is 12.5. The molecule has 3 atom stereocenters. The smallest absolute Gasteiger partial charge is 0.211 e. The van der Waals surface area contributed by atoms with Crippen molar-refractivity contribution in [2.24, 2.45) is 23.2 Å². The van der Waals surface area contributed by atoms with Crippen LogP contribution in [0, 0.1) is 23.2 Å². The first kappa shape index (κ1) is 26.6. The highest BCUT2D eigenvalue weighted by Crippen LogP contribution is 2.38. The van der Waals surface area contributed by atoms with Gasteiger partial charge in [0.2, 0.25) is 10.0 Å². The molecule has 0 radical (unpaired) electrons. The van der Waals surface area contributed by atoms with Crippen molar-refractivity contribution in [1.82, 2.24) is 4.31 Å². The van der Waals surface area contributed by atoms with Crippen LogP contribution in [-0.2, 0) is 14.8 Å². The number of carbonyl (C=O) groups is 1. The average Bonchev–Trinajstić information content (AvgIpc) is 2.56. The summed E-state index contributed by atoms with van der Waals surface area (Å²) in [6.07, 6.45) is 6.09. The average molecular weight is 404 g/mol. The van der Waals surface area contributed by atoms with Gasteiger partial charge < -0.3 is 0 Å². The first-order chi connectivity index (χ1) is 12.2. The van der Waals surface area contributed by atoms with Gasteiger partial charge in [-0.3, -0.25) is 4.79 Å². The van der Waals surface area contributed by atoms with Crippen LogP contribution in [-0.4, -0.2) is 37.3 Å². The Morgan fingerprint density at radius 1 is 1.00 bits per heavy atom. The predicted octanol–water partition coefficient (Wildman–Crippen LogP) is 5.52. The normalized spacial score (nSPS) is 17.8. The van der Waals surface area contributed by atoms with Crippen molar-refractivity contribution in [2.75, 3.05) is 13.3 Å². The van der Waals surface area contributed by atoms with E-state index in [9.17, 15) is 13.2 Å². The van der Waals surface area contributed by atoms with Crippen molar-refractivity contribution >= 4 is 15.8 Å². The number of ketones is 1. The van der Waals surface area contributed by atoms with E-state index >= 15 is 0 Å². The molecule has 5 heteroatoms. The van der Waals surface area contributed by atoms with Crippen LogP contribution >= 0.6 is 0 Å². The molecule has 0 amide bonds. The highest BCUT2D eigenvalue weighted by Gasteiger charge is 2.39. The Hall–Kier alpha value is -0.420. The van der Waals surface area contributed by atoms with Gasteiger partial charge in [-0.15, -0.1) is 0 Å². The molecule has 0 N–H and O–H groups in total. The fourth-order valence-electron chi connectivity index (χ4n) is 3.77. The lowest BCUT2D eigenvalue weighted by Crippen LogP contribution is -2.48. The molecule has 0 aliphatic heterocycles. The molecule has 0 aromatic heterocycles. The summed E-state index contributed by atoms with van der Waals surface area (Å²) in [6.45, 7) is 17.1. The van der Waals surface area contributed by atoms with Crippen LogP contribution < -0.4 is 0 Å². The van der Waals surface area contributed by atoms with Crippen molar-refractivity contribution in [3.63, 3.8) is 0 Å². The second-order valence-corrected chi connectivity index (χ2v) is 11.6. The maximum atomic E-state index is 13.5. The second-order valence-electron chi connectivity index (χ2n) is 9.63. The van der Waals surface area contributed by atoms with Crippen LogP contribution in [0.4, 0.5) is 0 Å². The van der Waals surface area contributed by atoms with E-state index in [1.165, 1.54) is 10.6 Å². The zero-order valence-electron chi connectivity index (χ0n) is 19.6. The quantitative estimate of drug-likeness (QED) is 0.407. The van der Waals surface area contributed by atoms with Crippen LogP contribution in [0.3, 0.4) is 0 Å². The van der Waals surface area contributed by atoms with Crippen LogP contribution in [0.2, 0.25) is 0 Å². The van der Waals surface area contributed by atoms with Gasteiger partial charge in [-0.25, -0.2) is 8.42 Å². The Labute approximate surface area is 169 Å². The summed E-state index contributed by atoms with van der Waals surface area (Å²) in [5.41, 5.74) is -0.417. The number of hydrogen-bond acceptors (Lipinski definition) is 3. The lowest BCUT2D eigenvalue weighted by molar-refractivity contribution is -0.129. The fourth-order valence-corrected chi connectivity index (χ4v) is 4.77. The monoisotopic (exact) mass is 403 g/mol. The Bertz CT molecular complexity index is 568. The Morgan fingerprint density at radius 3 is 1.85 bits per heavy atom. The summed E-state index contributed by atoms with van der Waals surface area (Å²) in [4.78, 5) is 13.5. The van der Waals surface area contributed by atoms with Gasteiger partial charge in [0, 0.05) is 24.4 Å². The fraction of sp³-hybridized carbons (Fsp3) is 0.955. The van der Waals surface area contributed by atoms with Crippen molar-refractivity contribution < 1.29 is 13.2 Å². The summed E-state index contributed by atoms with van der Waals surface area (Å²) in [7, 11) is -1.66. The molecule has 0 saturated carbocycles. The number of carbonyl (C=O) groups excluding carboxylic acids is 1. The Morgan fingerprint density at radius 2 is 1.52 bits per heavy atom. The third-order valence-corrected chi connectivity index (χ3v) is 8.41. The van der Waals surface area contributed by atoms with Crippen LogP contribution in [0.25, 0.3) is 0 Å². The molecule has 0 aliphatic carbocycles. The lowest BCUT2D eigenvalue weighted by Gasteiger charge is -2.40. The zero-order valence-corrected chi connectivity index (χ0v) is 20.4. The molecular weight excluding hydrogens is 358 g/mol. The van der Waals surface area contributed by atoms with Crippen LogP contribution in [0.15, 0.2) is 0 Å². The number of hydrogen-bond donors (Lipinski definition) is 0. The highest BCUT2D eigenvalue weighted by molar-refractivity contribution is 7.88. The van der Waals surface area contributed by atoms with Crippen LogP contribution in [0.5, 0.6) is 0 Å². The molecule has 0 rings (SSSR count). The van der Waals surface area contributed by atoms with E-state index in [-0.39, 0.29) is 17.3 Å². The van der Waals surface area contributed by atoms with E-state index in [0.717, 1.165) is 25.7 Å². The summed E-state index contributed by atoms with van der Waals surface area (Å²) < 4.78 is 25.7. The third kappa shape index (κ3) is 7.49. The van der Waals surface area contributed by atoms with Gasteiger partial charge in [0.15, 0.2) is 0 Å². The topological polar surface area (TPSA) is 54.5 Å². The second kappa shape index (κ2) is 10.4. The van der Waals surface area contributed by atoms with Gasteiger partial charge >= 0.3 is 0 Å². The molecule has 162 valence electrons. The SMILES string of the molecule is CCCC(CC(C)(C)C(C)C)C(=O)C(CC)CC(C)(CC)N(C)S(C)(=O)=O. The molecule has 3 unspecified atom stereocenters. The molecule has 0 aliphatic rings.